The average Bonchev–Trinajstić information content (AvgIpc) is 2.65. The van der Waals surface area contributed by atoms with Gasteiger partial charge < -0.3 is 10.6 Å². The molecule has 0 unspecified atom stereocenters. The maximum Gasteiger partial charge on any atom is 0.252 e. The molecule has 1 aliphatic rings. The highest BCUT2D eigenvalue weighted by atomic mass is 16.1. The summed E-state index contributed by atoms with van der Waals surface area (Å²) in [7, 11) is 0. The van der Waals surface area contributed by atoms with E-state index in [4.69, 9.17) is 0 Å². The van der Waals surface area contributed by atoms with Crippen LogP contribution in [0.4, 0.5) is 5.82 Å². The fraction of sp³-hybridized carbons (Fsp3) is 0.421. The van der Waals surface area contributed by atoms with E-state index >= 15 is 0 Å². The molecule has 0 aliphatic carbocycles. The summed E-state index contributed by atoms with van der Waals surface area (Å²) < 4.78 is 0. The Morgan fingerprint density at radius 1 is 1.20 bits per heavy atom. The van der Waals surface area contributed by atoms with Crippen LogP contribution in [-0.2, 0) is 6.54 Å². The maximum atomic E-state index is 11.7. The molecule has 6 heteroatoms. The van der Waals surface area contributed by atoms with Crippen molar-refractivity contribution in [3.05, 3.63) is 54.0 Å². The summed E-state index contributed by atoms with van der Waals surface area (Å²) in [6.45, 7) is 5.53. The third-order valence-corrected chi connectivity index (χ3v) is 4.41. The van der Waals surface area contributed by atoms with E-state index in [0.29, 0.717) is 18.2 Å². The number of carbonyl (C=O) groups is 1. The first-order chi connectivity index (χ1) is 12.2. The first kappa shape index (κ1) is 17.4. The number of rotatable bonds is 6. The van der Waals surface area contributed by atoms with Crippen molar-refractivity contribution in [1.29, 1.82) is 0 Å². The minimum atomic E-state index is -0.0793. The number of carbonyl (C=O) groups excluding carboxylic acids is 1. The van der Waals surface area contributed by atoms with Crippen LogP contribution >= 0.6 is 0 Å². The van der Waals surface area contributed by atoms with E-state index in [0.717, 1.165) is 44.0 Å². The molecule has 1 aliphatic heterocycles. The van der Waals surface area contributed by atoms with Gasteiger partial charge in [0.1, 0.15) is 5.82 Å². The van der Waals surface area contributed by atoms with Gasteiger partial charge >= 0.3 is 0 Å². The SMILES string of the molecule is CCNC(=O)c1ccc(NC2CCN(Cc3ccccn3)CC2)nc1. The topological polar surface area (TPSA) is 70.2 Å². The molecule has 2 aromatic rings. The standard InChI is InChI=1S/C19H25N5O/c1-2-20-19(25)15-6-7-18(22-13-15)23-16-8-11-24(12-9-16)14-17-5-3-4-10-21-17/h3-7,10,13,16H,2,8-9,11-12,14H2,1H3,(H,20,25)(H,22,23). The summed E-state index contributed by atoms with van der Waals surface area (Å²) in [6.07, 6.45) is 5.63. The Morgan fingerprint density at radius 3 is 2.68 bits per heavy atom. The molecule has 2 aromatic heterocycles. The molecular weight excluding hydrogens is 314 g/mol. The van der Waals surface area contributed by atoms with Crippen LogP contribution in [0.15, 0.2) is 42.7 Å². The van der Waals surface area contributed by atoms with E-state index in [1.807, 2.05) is 37.4 Å². The Kier molecular flexibility index (Phi) is 5.95. The quantitative estimate of drug-likeness (QED) is 0.845. The molecular formula is C19H25N5O. The molecule has 3 heterocycles. The lowest BCUT2D eigenvalue weighted by molar-refractivity contribution is 0.0955. The van der Waals surface area contributed by atoms with Gasteiger partial charge in [0.25, 0.3) is 5.91 Å². The first-order valence-electron chi connectivity index (χ1n) is 8.87. The highest BCUT2D eigenvalue weighted by molar-refractivity contribution is 5.93. The number of aromatic nitrogens is 2. The largest absolute Gasteiger partial charge is 0.367 e. The molecule has 0 aromatic carbocycles. The maximum absolute atomic E-state index is 11.7. The van der Waals surface area contributed by atoms with Crippen LogP contribution < -0.4 is 10.6 Å². The molecule has 1 saturated heterocycles. The van der Waals surface area contributed by atoms with E-state index in [2.05, 4.69) is 31.6 Å². The van der Waals surface area contributed by atoms with Gasteiger partial charge in [0.05, 0.1) is 11.3 Å². The van der Waals surface area contributed by atoms with Crippen molar-refractivity contribution >= 4 is 11.7 Å². The summed E-state index contributed by atoms with van der Waals surface area (Å²) in [4.78, 5) is 22.9. The van der Waals surface area contributed by atoms with E-state index in [9.17, 15) is 4.79 Å². The Morgan fingerprint density at radius 2 is 2.04 bits per heavy atom. The molecule has 0 bridgehead atoms. The van der Waals surface area contributed by atoms with Crippen LogP contribution in [0.2, 0.25) is 0 Å². The Balaban J connectivity index is 1.46. The molecule has 6 nitrogen and oxygen atoms in total. The minimum Gasteiger partial charge on any atom is -0.367 e. The van der Waals surface area contributed by atoms with E-state index in [-0.39, 0.29) is 5.91 Å². The monoisotopic (exact) mass is 339 g/mol. The Bertz CT molecular complexity index is 666. The van der Waals surface area contributed by atoms with Crippen molar-refractivity contribution in [2.45, 2.75) is 32.4 Å². The summed E-state index contributed by atoms with van der Waals surface area (Å²) in [5.74, 6) is 0.751. The lowest BCUT2D eigenvalue weighted by Crippen LogP contribution is -2.38. The number of pyridine rings is 2. The van der Waals surface area contributed by atoms with Gasteiger partial charge in [-0.2, -0.15) is 0 Å². The minimum absolute atomic E-state index is 0.0793. The van der Waals surface area contributed by atoms with Crippen LogP contribution in [0.25, 0.3) is 0 Å². The van der Waals surface area contributed by atoms with Crippen LogP contribution in [-0.4, -0.2) is 46.5 Å². The van der Waals surface area contributed by atoms with E-state index in [1.165, 1.54) is 0 Å². The second-order valence-electron chi connectivity index (χ2n) is 6.31. The van der Waals surface area contributed by atoms with Crippen LogP contribution in [0.5, 0.6) is 0 Å². The zero-order valence-corrected chi connectivity index (χ0v) is 14.6. The average molecular weight is 339 g/mol. The van der Waals surface area contributed by atoms with Crippen molar-refractivity contribution in [2.75, 3.05) is 25.0 Å². The van der Waals surface area contributed by atoms with Crippen molar-refractivity contribution < 1.29 is 4.79 Å². The van der Waals surface area contributed by atoms with Crippen LogP contribution in [0.3, 0.4) is 0 Å². The molecule has 2 N–H and O–H groups in total. The third kappa shape index (κ3) is 5.00. The second-order valence-corrected chi connectivity index (χ2v) is 6.31. The summed E-state index contributed by atoms with van der Waals surface area (Å²) >= 11 is 0. The number of amides is 1. The number of likely N-dealkylation sites (tertiary alicyclic amines) is 1. The normalized spacial score (nSPS) is 15.7. The van der Waals surface area contributed by atoms with Crippen molar-refractivity contribution in [2.24, 2.45) is 0 Å². The predicted molar refractivity (Wildman–Crippen MR) is 98.4 cm³/mol. The van der Waals surface area contributed by atoms with Crippen molar-refractivity contribution in [1.82, 2.24) is 20.2 Å². The Hall–Kier alpha value is -2.47. The van der Waals surface area contributed by atoms with Gasteiger partial charge in [-0.15, -0.1) is 0 Å². The van der Waals surface area contributed by atoms with E-state index in [1.54, 1.807) is 6.20 Å². The highest BCUT2D eigenvalue weighted by Crippen LogP contribution is 2.17. The fourth-order valence-corrected chi connectivity index (χ4v) is 3.04. The summed E-state index contributed by atoms with van der Waals surface area (Å²) in [6, 6.07) is 10.2. The molecule has 25 heavy (non-hydrogen) atoms. The smallest absolute Gasteiger partial charge is 0.252 e. The third-order valence-electron chi connectivity index (χ3n) is 4.41. The molecule has 1 amide bonds. The number of nitrogens with one attached hydrogen (secondary N) is 2. The molecule has 1 fully saturated rings. The van der Waals surface area contributed by atoms with Gasteiger partial charge in [0, 0.05) is 44.6 Å². The lowest BCUT2D eigenvalue weighted by atomic mass is 10.0. The van der Waals surface area contributed by atoms with Crippen LogP contribution in [0, 0.1) is 0 Å². The second kappa shape index (κ2) is 8.58. The zero-order valence-electron chi connectivity index (χ0n) is 14.6. The fourth-order valence-electron chi connectivity index (χ4n) is 3.04. The van der Waals surface area contributed by atoms with Crippen molar-refractivity contribution in [3.63, 3.8) is 0 Å². The molecule has 3 rings (SSSR count). The highest BCUT2D eigenvalue weighted by Gasteiger charge is 2.19. The first-order valence-corrected chi connectivity index (χ1v) is 8.87. The number of nitrogens with zero attached hydrogens (tertiary/aromatic N) is 3. The molecule has 0 spiro atoms. The molecule has 0 saturated carbocycles. The lowest BCUT2D eigenvalue weighted by Gasteiger charge is -2.32. The Labute approximate surface area is 148 Å². The number of anilines is 1. The predicted octanol–water partition coefficient (Wildman–Crippen LogP) is 2.30. The van der Waals surface area contributed by atoms with Gasteiger partial charge in [-0.25, -0.2) is 4.98 Å². The van der Waals surface area contributed by atoms with Gasteiger partial charge in [0.2, 0.25) is 0 Å². The number of piperidine rings is 1. The van der Waals surface area contributed by atoms with Gasteiger partial charge in [-0.1, -0.05) is 6.07 Å². The van der Waals surface area contributed by atoms with Crippen LogP contribution in [0.1, 0.15) is 35.8 Å². The number of hydrogen-bond acceptors (Lipinski definition) is 5. The summed E-state index contributed by atoms with van der Waals surface area (Å²) in [5, 5.41) is 6.26. The van der Waals surface area contributed by atoms with Gasteiger partial charge in [-0.05, 0) is 44.0 Å². The zero-order chi connectivity index (χ0) is 17.5. The molecule has 132 valence electrons. The number of hydrogen-bond donors (Lipinski definition) is 2. The van der Waals surface area contributed by atoms with Gasteiger partial charge in [0.15, 0.2) is 0 Å². The van der Waals surface area contributed by atoms with Gasteiger partial charge in [-0.3, -0.25) is 14.7 Å². The van der Waals surface area contributed by atoms with Crippen molar-refractivity contribution in [3.8, 4) is 0 Å². The van der Waals surface area contributed by atoms with E-state index < -0.39 is 0 Å². The molecule has 0 radical (unpaired) electrons. The molecule has 0 atom stereocenters. The summed E-state index contributed by atoms with van der Waals surface area (Å²) in [5.41, 5.74) is 1.72.